The average Bonchev–Trinajstić information content (AvgIpc) is 2.73. The van der Waals surface area contributed by atoms with Crippen molar-refractivity contribution in [3.8, 4) is 0 Å². The molecule has 0 aromatic carbocycles. The second-order valence-corrected chi connectivity index (χ2v) is 4.87. The first-order valence-corrected chi connectivity index (χ1v) is 5.60. The zero-order valence-corrected chi connectivity index (χ0v) is 14.4. The number of hydrogen-bond acceptors (Lipinski definition) is 0. The SMILES string of the molecule is CC1=[C-]CC=C1C(C)(C)C1=CC[C-]=C1C.[Cl-].[Cl-].[Ti+4]. The van der Waals surface area contributed by atoms with Crippen molar-refractivity contribution >= 4 is 0 Å². The second-order valence-electron chi connectivity index (χ2n) is 4.87. The Labute approximate surface area is 138 Å². The van der Waals surface area contributed by atoms with Crippen LogP contribution in [-0.4, -0.2) is 0 Å². The predicted molar refractivity (Wildman–Crippen MR) is 64.0 cm³/mol. The van der Waals surface area contributed by atoms with Gasteiger partial charge in [-0.25, -0.2) is 22.3 Å². The summed E-state index contributed by atoms with van der Waals surface area (Å²) in [5.74, 6) is 0. The molecule has 18 heavy (non-hydrogen) atoms. The van der Waals surface area contributed by atoms with Crippen molar-refractivity contribution in [2.75, 3.05) is 0 Å². The van der Waals surface area contributed by atoms with E-state index in [4.69, 9.17) is 0 Å². The minimum atomic E-state index is 0. The first-order chi connectivity index (χ1) is 7.03. The van der Waals surface area contributed by atoms with Gasteiger partial charge in [0.05, 0.1) is 0 Å². The predicted octanol–water partition coefficient (Wildman–Crippen LogP) is -1.82. The van der Waals surface area contributed by atoms with Crippen LogP contribution in [0.5, 0.6) is 0 Å². The summed E-state index contributed by atoms with van der Waals surface area (Å²) in [6.45, 7) is 8.94. The van der Waals surface area contributed by atoms with Crippen LogP contribution in [0, 0.1) is 17.6 Å². The summed E-state index contributed by atoms with van der Waals surface area (Å²) in [5, 5.41) is 0. The van der Waals surface area contributed by atoms with Crippen LogP contribution in [0.4, 0.5) is 0 Å². The minimum absolute atomic E-state index is 0. The molecule has 0 heterocycles. The molecule has 0 radical (unpaired) electrons. The monoisotopic (exact) mass is 316 g/mol. The Morgan fingerprint density at radius 1 is 0.889 bits per heavy atom. The van der Waals surface area contributed by atoms with Gasteiger partial charge in [0.2, 0.25) is 0 Å². The van der Waals surface area contributed by atoms with E-state index in [0.29, 0.717) is 0 Å². The second kappa shape index (κ2) is 7.75. The zero-order chi connectivity index (χ0) is 11.1. The Balaban J connectivity index is 0. The first kappa shape index (κ1) is 20.6. The van der Waals surface area contributed by atoms with E-state index in [2.05, 4.69) is 52.0 Å². The van der Waals surface area contributed by atoms with E-state index in [1.807, 2.05) is 0 Å². The number of rotatable bonds is 2. The van der Waals surface area contributed by atoms with Crippen molar-refractivity contribution in [3.05, 3.63) is 46.6 Å². The van der Waals surface area contributed by atoms with Gasteiger partial charge in [0.15, 0.2) is 0 Å². The van der Waals surface area contributed by atoms with Crippen molar-refractivity contribution in [1.82, 2.24) is 0 Å². The van der Waals surface area contributed by atoms with Crippen LogP contribution in [-0.2, 0) is 21.7 Å². The third-order valence-corrected chi connectivity index (χ3v) is 3.50. The molecule has 0 unspecified atom stereocenters. The van der Waals surface area contributed by atoms with Crippen LogP contribution in [0.1, 0.15) is 40.5 Å². The molecule has 3 heteroatoms. The third-order valence-electron chi connectivity index (χ3n) is 3.50. The minimum Gasteiger partial charge on any atom is -1.00 e. The molecule has 2 aliphatic carbocycles. The molecular formula is C15H18Cl2Ti. The van der Waals surface area contributed by atoms with Gasteiger partial charge < -0.3 is 24.8 Å². The number of hydrogen-bond donors (Lipinski definition) is 0. The number of allylic oxidation sites excluding steroid dienone is 8. The van der Waals surface area contributed by atoms with Crippen LogP contribution >= 0.6 is 0 Å². The van der Waals surface area contributed by atoms with E-state index in [-0.39, 0.29) is 51.9 Å². The molecule has 96 valence electrons. The van der Waals surface area contributed by atoms with Gasteiger partial charge in [0.25, 0.3) is 0 Å². The van der Waals surface area contributed by atoms with Crippen LogP contribution in [0.3, 0.4) is 0 Å². The molecule has 0 amide bonds. The molecule has 0 saturated heterocycles. The first-order valence-electron chi connectivity index (χ1n) is 5.60. The Morgan fingerprint density at radius 2 is 1.22 bits per heavy atom. The molecule has 0 saturated carbocycles. The topological polar surface area (TPSA) is 0 Å². The fourth-order valence-corrected chi connectivity index (χ4v) is 2.70. The fraction of sp³-hybridized carbons (Fsp3) is 0.467. The molecule has 0 spiro atoms. The zero-order valence-electron chi connectivity index (χ0n) is 11.3. The molecule has 0 bridgehead atoms. The van der Waals surface area contributed by atoms with E-state index >= 15 is 0 Å². The Hall–Kier alpha value is 0.254. The van der Waals surface area contributed by atoms with E-state index in [1.54, 1.807) is 0 Å². The molecular weight excluding hydrogens is 299 g/mol. The van der Waals surface area contributed by atoms with E-state index < -0.39 is 0 Å². The number of halogens is 2. The maximum Gasteiger partial charge on any atom is 4.00 e. The molecule has 2 aliphatic rings. The van der Waals surface area contributed by atoms with Crippen molar-refractivity contribution in [2.45, 2.75) is 40.5 Å². The van der Waals surface area contributed by atoms with Crippen molar-refractivity contribution < 1.29 is 46.5 Å². The molecule has 0 aromatic heterocycles. The summed E-state index contributed by atoms with van der Waals surface area (Å²) < 4.78 is 0. The quantitative estimate of drug-likeness (QED) is 0.416. The van der Waals surface area contributed by atoms with E-state index in [1.165, 1.54) is 22.3 Å². The summed E-state index contributed by atoms with van der Waals surface area (Å²) in [4.78, 5) is 0. The fourth-order valence-electron chi connectivity index (χ4n) is 2.70. The molecule has 0 N–H and O–H groups in total. The normalized spacial score (nSPS) is 17.6. The Kier molecular flexibility index (Phi) is 8.86. The standard InChI is InChI=1S/C15H18.2ClH.Ti/c1-11-7-5-9-13(11)15(3,4)14-10-6-8-12(14)2;;;/h9-10H,5-6H2,1-4H3;2*1H;/q-2;;;+4/p-2. The summed E-state index contributed by atoms with van der Waals surface area (Å²) in [5.41, 5.74) is 5.65. The van der Waals surface area contributed by atoms with Gasteiger partial charge in [-0.3, -0.25) is 12.2 Å². The molecule has 0 aromatic rings. The van der Waals surface area contributed by atoms with E-state index in [9.17, 15) is 0 Å². The van der Waals surface area contributed by atoms with Crippen molar-refractivity contribution in [2.24, 2.45) is 5.41 Å². The maximum atomic E-state index is 3.38. The van der Waals surface area contributed by atoms with Crippen LogP contribution in [0.15, 0.2) is 34.4 Å². The van der Waals surface area contributed by atoms with Gasteiger partial charge in [0, 0.05) is 0 Å². The van der Waals surface area contributed by atoms with Gasteiger partial charge in [-0.05, 0) is 0 Å². The Bertz CT molecular complexity index is 374. The largest absolute Gasteiger partial charge is 4.00 e. The van der Waals surface area contributed by atoms with Gasteiger partial charge >= 0.3 is 21.7 Å². The molecule has 0 atom stereocenters. The van der Waals surface area contributed by atoms with Gasteiger partial charge in [-0.1, -0.05) is 27.7 Å². The van der Waals surface area contributed by atoms with Crippen LogP contribution < -0.4 is 24.8 Å². The van der Waals surface area contributed by atoms with Crippen LogP contribution in [0.25, 0.3) is 0 Å². The van der Waals surface area contributed by atoms with Crippen molar-refractivity contribution in [1.29, 1.82) is 0 Å². The van der Waals surface area contributed by atoms with Gasteiger partial charge in [0.1, 0.15) is 0 Å². The molecule has 0 aliphatic heterocycles. The van der Waals surface area contributed by atoms with E-state index in [0.717, 1.165) is 12.8 Å². The van der Waals surface area contributed by atoms with Gasteiger partial charge in [-0.15, -0.1) is 18.3 Å². The summed E-state index contributed by atoms with van der Waals surface area (Å²) in [6.07, 6.45) is 13.3. The summed E-state index contributed by atoms with van der Waals surface area (Å²) in [6, 6.07) is 0. The summed E-state index contributed by atoms with van der Waals surface area (Å²) >= 11 is 0. The van der Waals surface area contributed by atoms with Gasteiger partial charge in [-0.2, -0.15) is 12.2 Å². The molecule has 2 rings (SSSR count). The maximum absolute atomic E-state index is 3.38. The van der Waals surface area contributed by atoms with Crippen LogP contribution in [0.2, 0.25) is 0 Å². The summed E-state index contributed by atoms with van der Waals surface area (Å²) in [7, 11) is 0. The Morgan fingerprint density at radius 3 is 1.44 bits per heavy atom. The third kappa shape index (κ3) is 3.64. The molecule has 0 nitrogen and oxygen atoms in total. The average molecular weight is 317 g/mol. The molecule has 0 fully saturated rings. The smallest absolute Gasteiger partial charge is 1.00 e. The van der Waals surface area contributed by atoms with Crippen molar-refractivity contribution in [3.63, 3.8) is 0 Å².